The average molecular weight is 174 g/mol. The number of carbonyl (C=O) groups excluding carboxylic acids is 1. The first-order chi connectivity index (χ1) is 6.19. The lowest BCUT2D eigenvalue weighted by molar-refractivity contribution is 0.101. The van der Waals surface area contributed by atoms with Crippen molar-refractivity contribution in [3.8, 4) is 5.75 Å². The van der Waals surface area contributed by atoms with Gasteiger partial charge in [-0.05, 0) is 13.0 Å². The van der Waals surface area contributed by atoms with E-state index in [9.17, 15) is 4.79 Å². The number of ether oxygens (including phenoxy) is 1. The number of nitrogens with zero attached hydrogens (tertiary/aromatic N) is 1. The lowest BCUT2D eigenvalue weighted by Crippen LogP contribution is -1.92. The van der Waals surface area contributed by atoms with Gasteiger partial charge in [0, 0.05) is 5.56 Å². The summed E-state index contributed by atoms with van der Waals surface area (Å²) in [6.07, 6.45) is 0. The molecule has 0 amide bonds. The third-order valence-electron chi connectivity index (χ3n) is 1.71. The van der Waals surface area contributed by atoms with E-state index < -0.39 is 0 Å². The van der Waals surface area contributed by atoms with Gasteiger partial charge < -0.3 is 4.74 Å². The van der Waals surface area contributed by atoms with E-state index in [1.54, 1.807) is 18.2 Å². The maximum atomic E-state index is 11.0. The Morgan fingerprint density at radius 2 is 2.23 bits per heavy atom. The van der Waals surface area contributed by atoms with E-state index >= 15 is 0 Å². The minimum atomic E-state index is -0.0326. The minimum absolute atomic E-state index is 0.0326. The molecule has 0 aliphatic carbocycles. The van der Waals surface area contributed by atoms with Gasteiger partial charge in [0.2, 0.25) is 5.69 Å². The topological polar surface area (TPSA) is 30.7 Å². The van der Waals surface area contributed by atoms with Crippen molar-refractivity contribution in [3.63, 3.8) is 0 Å². The highest BCUT2D eigenvalue weighted by molar-refractivity contribution is 5.95. The van der Waals surface area contributed by atoms with Crippen LogP contribution in [0.5, 0.6) is 5.75 Å². The summed E-state index contributed by atoms with van der Waals surface area (Å²) in [6.45, 7) is 8.30. The monoisotopic (exact) mass is 174 g/mol. The normalized spacial score (nSPS) is 9.00. The van der Waals surface area contributed by atoms with Gasteiger partial charge in [0.1, 0.15) is 5.75 Å². The van der Waals surface area contributed by atoms with E-state index in [0.29, 0.717) is 17.0 Å². The first kappa shape index (κ1) is 9.27. The Morgan fingerprint density at radius 1 is 1.54 bits per heavy atom. The molecule has 0 atom stereocenters. The molecule has 0 aliphatic heterocycles. The standard InChI is InChI=1S/C10H9NO2/c1-7(12)8-4-5-9(11-2)10(6-8)13-3/h4-6H,1,3H3/i2-1. The number of carbonyl (C=O) groups is 1. The minimum Gasteiger partial charge on any atom is -0.508 e. The number of hydrogen-bond acceptors (Lipinski definition) is 2. The summed E-state index contributed by atoms with van der Waals surface area (Å²) < 4.78 is 4.96. The van der Waals surface area contributed by atoms with Crippen LogP contribution >= 0.6 is 0 Å². The molecule has 1 rings (SSSR count). The third-order valence-corrected chi connectivity index (χ3v) is 1.71. The van der Waals surface area contributed by atoms with E-state index in [-0.39, 0.29) is 5.78 Å². The summed E-state index contributed by atoms with van der Waals surface area (Å²) in [5.41, 5.74) is 0.983. The fraction of sp³-hybridized carbons (Fsp3) is 0.200. The Bertz CT molecular complexity index is 377. The molecule has 0 unspecified atom stereocenters. The van der Waals surface area contributed by atoms with Gasteiger partial charge in [-0.25, -0.2) is 4.85 Å². The van der Waals surface area contributed by atoms with Crippen molar-refractivity contribution in [2.45, 2.75) is 6.92 Å². The molecule has 66 valence electrons. The van der Waals surface area contributed by atoms with E-state index in [1.165, 1.54) is 14.0 Å². The number of methoxy groups -OCH3 is 1. The summed E-state index contributed by atoms with van der Waals surface area (Å²) in [5.74, 6) is 0.414. The molecule has 0 N–H and O–H groups in total. The molecule has 0 spiro atoms. The number of Topliss-reactive ketones (excluding diaryl/α,β-unsaturated/α-hetero) is 1. The summed E-state index contributed by atoms with van der Waals surface area (Å²) in [4.78, 5) is 14.2. The summed E-state index contributed by atoms with van der Waals surface area (Å²) in [6, 6.07) is 4.79. The lowest BCUT2D eigenvalue weighted by atomic mass is 10.1. The molecule has 0 saturated carbocycles. The second-order valence-electron chi connectivity index (χ2n) is 2.55. The first-order valence-corrected chi connectivity index (χ1v) is 3.75. The Labute approximate surface area is 76.8 Å². The molecule has 0 aromatic heterocycles. The van der Waals surface area contributed by atoms with Crippen LogP contribution in [0.2, 0.25) is 0 Å². The van der Waals surface area contributed by atoms with Crippen LogP contribution in [0.4, 0.5) is 5.69 Å². The quantitative estimate of drug-likeness (QED) is 0.509. The van der Waals surface area contributed by atoms with Gasteiger partial charge in [0.05, 0.1) is 13.7 Å². The molecule has 0 fully saturated rings. The largest absolute Gasteiger partial charge is 0.508 e. The predicted octanol–water partition coefficient (Wildman–Crippen LogP) is 2.45. The molecule has 3 nitrogen and oxygen atoms in total. The van der Waals surface area contributed by atoms with Crippen molar-refractivity contribution in [3.05, 3.63) is 35.2 Å². The van der Waals surface area contributed by atoms with Crippen LogP contribution in [0, 0.1) is 6.57 Å². The Morgan fingerprint density at radius 3 is 2.69 bits per heavy atom. The van der Waals surface area contributed by atoms with Crippen LogP contribution in [-0.4, -0.2) is 12.9 Å². The fourth-order valence-corrected chi connectivity index (χ4v) is 0.989. The molecule has 0 aliphatic rings. The van der Waals surface area contributed by atoms with Crippen LogP contribution < -0.4 is 4.74 Å². The zero-order valence-electron chi connectivity index (χ0n) is 7.50. The summed E-state index contributed by atoms with van der Waals surface area (Å²) in [5, 5.41) is 0. The SMILES string of the molecule is COc1cc(C(C)=O)ccc1[N+]#[11C-]. The van der Waals surface area contributed by atoms with E-state index in [0.717, 1.165) is 0 Å². The molecule has 13 heavy (non-hydrogen) atoms. The molecule has 0 saturated heterocycles. The van der Waals surface area contributed by atoms with Gasteiger partial charge in [-0.2, -0.15) is 0 Å². The Balaban J connectivity index is 3.23. The van der Waals surface area contributed by atoms with Crippen molar-refractivity contribution in [1.29, 1.82) is 0 Å². The molecule has 0 bridgehead atoms. The van der Waals surface area contributed by atoms with E-state index in [4.69, 9.17) is 11.3 Å². The number of hydrogen-bond donors (Lipinski definition) is 0. The van der Waals surface area contributed by atoms with Gasteiger partial charge in [-0.15, -0.1) is 0 Å². The lowest BCUT2D eigenvalue weighted by Gasteiger charge is -2.03. The highest BCUT2D eigenvalue weighted by atomic mass is 16.5. The van der Waals surface area contributed by atoms with E-state index in [1.807, 2.05) is 0 Å². The highest BCUT2D eigenvalue weighted by Gasteiger charge is 2.05. The van der Waals surface area contributed by atoms with Gasteiger partial charge >= 0.3 is 0 Å². The molecule has 0 heterocycles. The molecule has 1 aromatic rings. The first-order valence-electron chi connectivity index (χ1n) is 3.75. The second kappa shape index (κ2) is 3.72. The smallest absolute Gasteiger partial charge is 0.228 e. The molecule has 0 radical (unpaired) electrons. The van der Waals surface area contributed by atoms with Crippen LogP contribution in [0.1, 0.15) is 17.3 Å². The summed E-state index contributed by atoms with van der Waals surface area (Å²) in [7, 11) is 1.48. The third kappa shape index (κ3) is 1.85. The Hall–Kier alpha value is -1.82. The van der Waals surface area contributed by atoms with Crippen LogP contribution in [0.3, 0.4) is 0 Å². The van der Waals surface area contributed by atoms with Crippen molar-refractivity contribution in [2.75, 3.05) is 7.11 Å². The zero-order chi connectivity index (χ0) is 9.84. The average Bonchev–Trinajstić information content (AvgIpc) is 2.16. The van der Waals surface area contributed by atoms with Crippen LogP contribution in [0.15, 0.2) is 18.2 Å². The van der Waals surface area contributed by atoms with Crippen molar-refractivity contribution >= 4 is 11.5 Å². The van der Waals surface area contributed by atoms with Crippen molar-refractivity contribution in [2.24, 2.45) is 0 Å². The van der Waals surface area contributed by atoms with Gasteiger partial charge in [-0.3, -0.25) is 4.79 Å². The maximum absolute atomic E-state index is 11.0. The molecule has 1 aromatic carbocycles. The van der Waals surface area contributed by atoms with Crippen LogP contribution in [-0.2, 0) is 0 Å². The van der Waals surface area contributed by atoms with E-state index in [2.05, 4.69) is 4.85 Å². The molecular weight excluding hydrogens is 165 g/mol. The number of rotatable bonds is 2. The number of benzene rings is 1. The van der Waals surface area contributed by atoms with Gasteiger partial charge in [-0.1, -0.05) is 12.1 Å². The zero-order valence-corrected chi connectivity index (χ0v) is 7.50. The van der Waals surface area contributed by atoms with Crippen LogP contribution in [0.25, 0.3) is 4.85 Å². The maximum Gasteiger partial charge on any atom is 0.228 e. The van der Waals surface area contributed by atoms with Gasteiger partial charge in [0.25, 0.3) is 0 Å². The van der Waals surface area contributed by atoms with Crippen molar-refractivity contribution in [1.82, 2.24) is 0 Å². The van der Waals surface area contributed by atoms with Crippen molar-refractivity contribution < 1.29 is 9.53 Å². The molecule has 3 heteroatoms. The summed E-state index contributed by atoms with van der Waals surface area (Å²) >= 11 is 0. The predicted molar refractivity (Wildman–Crippen MR) is 49.3 cm³/mol. The Kier molecular flexibility index (Phi) is 2.65. The van der Waals surface area contributed by atoms with Gasteiger partial charge in [0.15, 0.2) is 5.78 Å². The second-order valence-corrected chi connectivity index (χ2v) is 2.55. The highest BCUT2D eigenvalue weighted by Crippen LogP contribution is 2.28. The number of ketones is 1. The fourth-order valence-electron chi connectivity index (χ4n) is 0.989. The molecular formula is C10H9NO2.